The fourth-order valence-electron chi connectivity index (χ4n) is 3.58. The van der Waals surface area contributed by atoms with Crippen LogP contribution in [0.15, 0.2) is 0 Å². The molecule has 0 saturated carbocycles. The van der Waals surface area contributed by atoms with Gasteiger partial charge < -0.3 is 15.5 Å². The highest BCUT2D eigenvalue weighted by atomic mass is 32.2. The molecule has 3 fully saturated rings. The molecule has 3 heterocycles. The molecule has 6 nitrogen and oxygen atoms in total. The Labute approximate surface area is 122 Å². The van der Waals surface area contributed by atoms with Crippen LogP contribution < -0.4 is 5.73 Å². The summed E-state index contributed by atoms with van der Waals surface area (Å²) in [6.07, 6.45) is 2.16. The van der Waals surface area contributed by atoms with Gasteiger partial charge in [0, 0.05) is 30.5 Å². The van der Waals surface area contributed by atoms with Crippen molar-refractivity contribution in [2.24, 2.45) is 5.73 Å². The summed E-state index contributed by atoms with van der Waals surface area (Å²) >= 11 is 1.81. The number of nitrogens with two attached hydrogens (primary N) is 1. The molecular formula is C13H19N3O3S. The van der Waals surface area contributed by atoms with Crippen molar-refractivity contribution in [3.05, 3.63) is 0 Å². The highest BCUT2D eigenvalue weighted by Gasteiger charge is 2.49. The molecule has 7 heteroatoms. The third kappa shape index (κ3) is 2.08. The van der Waals surface area contributed by atoms with Gasteiger partial charge in [-0.3, -0.25) is 14.4 Å². The molecular weight excluding hydrogens is 278 g/mol. The zero-order valence-corrected chi connectivity index (χ0v) is 12.3. The molecule has 3 aliphatic heterocycles. The van der Waals surface area contributed by atoms with E-state index in [0.29, 0.717) is 24.6 Å². The maximum absolute atomic E-state index is 12.8. The number of nitrogens with zero attached hydrogens (tertiary/aromatic N) is 2. The predicted molar refractivity (Wildman–Crippen MR) is 74.9 cm³/mol. The van der Waals surface area contributed by atoms with E-state index in [1.807, 2.05) is 11.8 Å². The number of primary amides is 1. The van der Waals surface area contributed by atoms with Crippen molar-refractivity contribution in [3.63, 3.8) is 0 Å². The quantitative estimate of drug-likeness (QED) is 0.712. The minimum Gasteiger partial charge on any atom is -0.368 e. The van der Waals surface area contributed by atoms with Crippen molar-refractivity contribution in [1.82, 2.24) is 9.80 Å². The molecule has 0 aromatic rings. The van der Waals surface area contributed by atoms with Crippen molar-refractivity contribution in [3.8, 4) is 0 Å². The second kappa shape index (κ2) is 4.95. The van der Waals surface area contributed by atoms with E-state index in [0.717, 1.165) is 12.2 Å². The molecule has 0 aromatic carbocycles. The highest BCUT2D eigenvalue weighted by molar-refractivity contribution is 8.00. The molecule has 1 unspecified atom stereocenters. The number of thioether (sulfide) groups is 1. The van der Waals surface area contributed by atoms with Crippen molar-refractivity contribution in [2.45, 2.75) is 49.6 Å². The van der Waals surface area contributed by atoms with E-state index in [1.54, 1.807) is 9.80 Å². The van der Waals surface area contributed by atoms with Crippen molar-refractivity contribution in [2.75, 3.05) is 12.3 Å². The number of carbonyl (C=O) groups is 3. The first-order chi connectivity index (χ1) is 9.49. The predicted octanol–water partition coefficient (Wildman–Crippen LogP) is -0.432. The van der Waals surface area contributed by atoms with Crippen LogP contribution in [-0.4, -0.2) is 63.2 Å². The van der Waals surface area contributed by atoms with Crippen LogP contribution >= 0.6 is 11.8 Å². The summed E-state index contributed by atoms with van der Waals surface area (Å²) in [7, 11) is 0. The second-order valence-electron chi connectivity index (χ2n) is 5.77. The number of likely N-dealkylation sites (tertiary alicyclic amines) is 1. The molecule has 20 heavy (non-hydrogen) atoms. The maximum Gasteiger partial charge on any atom is 0.246 e. The molecule has 0 radical (unpaired) electrons. The van der Waals surface area contributed by atoms with E-state index in [1.165, 1.54) is 6.92 Å². The first-order valence-corrected chi connectivity index (χ1v) is 8.04. The average molecular weight is 297 g/mol. The lowest BCUT2D eigenvalue weighted by Crippen LogP contribution is -2.55. The van der Waals surface area contributed by atoms with Gasteiger partial charge in [-0.25, -0.2) is 0 Å². The molecule has 3 rings (SSSR count). The monoisotopic (exact) mass is 297 g/mol. The lowest BCUT2D eigenvalue weighted by molar-refractivity contribution is -0.146. The van der Waals surface area contributed by atoms with E-state index in [-0.39, 0.29) is 17.9 Å². The van der Waals surface area contributed by atoms with Gasteiger partial charge in [0.25, 0.3) is 0 Å². The van der Waals surface area contributed by atoms with E-state index in [4.69, 9.17) is 5.73 Å². The van der Waals surface area contributed by atoms with Crippen LogP contribution in [0.4, 0.5) is 0 Å². The molecule has 0 aliphatic carbocycles. The summed E-state index contributed by atoms with van der Waals surface area (Å²) in [5.74, 6) is 0.239. The topological polar surface area (TPSA) is 83.7 Å². The molecule has 3 saturated heterocycles. The van der Waals surface area contributed by atoms with Gasteiger partial charge in [0.15, 0.2) is 0 Å². The van der Waals surface area contributed by atoms with Crippen LogP contribution in [0, 0.1) is 0 Å². The van der Waals surface area contributed by atoms with Gasteiger partial charge >= 0.3 is 0 Å². The maximum atomic E-state index is 12.8. The van der Waals surface area contributed by atoms with Gasteiger partial charge in [0.05, 0.1) is 0 Å². The van der Waals surface area contributed by atoms with Crippen LogP contribution in [0.1, 0.15) is 26.2 Å². The summed E-state index contributed by atoms with van der Waals surface area (Å²) in [6, 6.07) is -0.825. The van der Waals surface area contributed by atoms with Gasteiger partial charge in [-0.15, -0.1) is 0 Å². The SMILES string of the molecule is CC(=O)N1C[C@H]2C[C@@H]1C(=O)N1C(CC[C@H]1C(N)=O)CS2. The summed E-state index contributed by atoms with van der Waals surface area (Å²) in [5.41, 5.74) is 5.43. The van der Waals surface area contributed by atoms with E-state index in [2.05, 4.69) is 0 Å². The summed E-state index contributed by atoms with van der Waals surface area (Å²) in [4.78, 5) is 39.4. The lowest BCUT2D eigenvalue weighted by Gasteiger charge is -2.34. The minimum absolute atomic E-state index is 0.0697. The number of rotatable bonds is 1. The number of hydrogen-bond donors (Lipinski definition) is 1. The van der Waals surface area contributed by atoms with Gasteiger partial charge in [0.1, 0.15) is 12.1 Å². The normalized spacial score (nSPS) is 36.5. The molecule has 2 bridgehead atoms. The second-order valence-corrected chi connectivity index (χ2v) is 7.11. The van der Waals surface area contributed by atoms with Crippen LogP contribution in [0.3, 0.4) is 0 Å². The van der Waals surface area contributed by atoms with E-state index < -0.39 is 18.0 Å². The van der Waals surface area contributed by atoms with Crippen LogP contribution in [0.25, 0.3) is 0 Å². The van der Waals surface area contributed by atoms with Crippen molar-refractivity contribution >= 4 is 29.5 Å². The van der Waals surface area contributed by atoms with Crippen LogP contribution in [-0.2, 0) is 14.4 Å². The largest absolute Gasteiger partial charge is 0.368 e. The molecule has 0 aromatic heterocycles. The Morgan fingerprint density at radius 3 is 2.75 bits per heavy atom. The first-order valence-electron chi connectivity index (χ1n) is 6.99. The molecule has 3 amide bonds. The Morgan fingerprint density at radius 2 is 2.10 bits per heavy atom. The summed E-state index contributed by atoms with van der Waals surface area (Å²) < 4.78 is 0. The van der Waals surface area contributed by atoms with Crippen LogP contribution in [0.5, 0.6) is 0 Å². The van der Waals surface area contributed by atoms with Crippen molar-refractivity contribution in [1.29, 1.82) is 0 Å². The smallest absolute Gasteiger partial charge is 0.246 e. The van der Waals surface area contributed by atoms with Gasteiger partial charge in [-0.1, -0.05) is 0 Å². The molecule has 3 aliphatic rings. The van der Waals surface area contributed by atoms with Gasteiger partial charge in [-0.05, 0) is 19.3 Å². The standard InChI is InChI=1S/C13H19N3O3S/c1-7(17)15-5-9-4-11(15)13(19)16-8(6-20-9)2-3-10(16)12(14)18/h8-11H,2-6H2,1H3,(H2,14,18)/t8?,9-,10+,11-/m1/s1. The summed E-state index contributed by atoms with van der Waals surface area (Å²) in [5, 5.41) is 0.336. The molecule has 0 spiro atoms. The van der Waals surface area contributed by atoms with Crippen molar-refractivity contribution < 1.29 is 14.4 Å². The zero-order chi connectivity index (χ0) is 14.4. The third-order valence-corrected chi connectivity index (χ3v) is 5.95. The van der Waals surface area contributed by atoms with Crippen LogP contribution in [0.2, 0.25) is 0 Å². The molecule has 2 N–H and O–H groups in total. The van der Waals surface area contributed by atoms with Gasteiger partial charge in [-0.2, -0.15) is 11.8 Å². The number of carbonyl (C=O) groups excluding carboxylic acids is 3. The van der Waals surface area contributed by atoms with Gasteiger partial charge in [0.2, 0.25) is 17.7 Å². The summed E-state index contributed by atoms with van der Waals surface area (Å²) in [6.45, 7) is 2.14. The average Bonchev–Trinajstić information content (AvgIpc) is 2.98. The first kappa shape index (κ1) is 13.7. The number of amides is 3. The Bertz CT molecular complexity index is 458. The number of hydrogen-bond acceptors (Lipinski definition) is 4. The zero-order valence-electron chi connectivity index (χ0n) is 11.4. The Morgan fingerprint density at radius 1 is 1.35 bits per heavy atom. The highest BCUT2D eigenvalue weighted by Crippen LogP contribution is 2.37. The fraction of sp³-hybridized carbons (Fsp3) is 0.769. The fourth-order valence-corrected chi connectivity index (χ4v) is 4.98. The molecule has 4 atom stereocenters. The minimum atomic E-state index is -0.501. The Kier molecular flexibility index (Phi) is 3.40. The van der Waals surface area contributed by atoms with E-state index in [9.17, 15) is 14.4 Å². The third-order valence-electron chi connectivity index (χ3n) is 4.56. The Hall–Kier alpha value is -1.24. The molecule has 110 valence electrons. The Balaban J connectivity index is 1.91. The number of fused-ring (bicyclic) bond motifs is 3. The lowest BCUT2D eigenvalue weighted by atomic mass is 10.1. The van der Waals surface area contributed by atoms with E-state index >= 15 is 0 Å².